The van der Waals surface area contributed by atoms with Crippen LogP contribution in [0.2, 0.25) is 0 Å². The lowest BCUT2D eigenvalue weighted by Crippen LogP contribution is -2.37. The van der Waals surface area contributed by atoms with Crippen LogP contribution in [-0.2, 0) is 11.2 Å². The summed E-state index contributed by atoms with van der Waals surface area (Å²) in [6, 6.07) is 5.91. The Labute approximate surface area is 108 Å². The van der Waals surface area contributed by atoms with Crippen molar-refractivity contribution >= 4 is 17.3 Å². The molecular formula is C15H20N2O. The lowest BCUT2D eigenvalue weighted by atomic mass is 9.83. The fourth-order valence-electron chi connectivity index (χ4n) is 2.96. The summed E-state index contributed by atoms with van der Waals surface area (Å²) in [6.07, 6.45) is 6.58. The predicted molar refractivity (Wildman–Crippen MR) is 73.5 cm³/mol. The molecule has 18 heavy (non-hydrogen) atoms. The van der Waals surface area contributed by atoms with Crippen LogP contribution < -0.4 is 10.6 Å². The number of anilines is 2. The van der Waals surface area contributed by atoms with Gasteiger partial charge in [0.15, 0.2) is 0 Å². The average Bonchev–Trinajstić information content (AvgIpc) is 2.30. The Balaban J connectivity index is 1.80. The molecule has 96 valence electrons. The quantitative estimate of drug-likeness (QED) is 0.831. The highest BCUT2D eigenvalue weighted by atomic mass is 16.2. The number of rotatable bonds is 3. The average molecular weight is 244 g/mol. The van der Waals surface area contributed by atoms with Gasteiger partial charge in [-0.1, -0.05) is 25.3 Å². The van der Waals surface area contributed by atoms with Gasteiger partial charge in [-0.2, -0.15) is 0 Å². The summed E-state index contributed by atoms with van der Waals surface area (Å²) in [6.45, 7) is 0.861. The van der Waals surface area contributed by atoms with Gasteiger partial charge in [0.1, 0.15) is 0 Å². The maximum atomic E-state index is 12.1. The van der Waals surface area contributed by atoms with Gasteiger partial charge in [0, 0.05) is 24.3 Å². The molecule has 2 aliphatic rings. The van der Waals surface area contributed by atoms with Crippen LogP contribution in [0.1, 0.15) is 37.7 Å². The first-order valence-electron chi connectivity index (χ1n) is 6.93. The predicted octanol–water partition coefficient (Wildman–Crippen LogP) is 2.74. The van der Waals surface area contributed by atoms with Crippen LogP contribution in [0.3, 0.4) is 0 Å². The highest BCUT2D eigenvalue weighted by Gasteiger charge is 2.26. The molecule has 0 radical (unpaired) electrons. The lowest BCUT2D eigenvalue weighted by molar-refractivity contribution is -0.118. The Morgan fingerprint density at radius 3 is 2.83 bits per heavy atom. The van der Waals surface area contributed by atoms with Gasteiger partial charge in [0.05, 0.1) is 0 Å². The highest BCUT2D eigenvalue weighted by molar-refractivity contribution is 5.97. The first-order valence-corrected chi connectivity index (χ1v) is 6.93. The molecule has 1 aliphatic carbocycles. The number of carbonyl (C=O) groups is 1. The van der Waals surface area contributed by atoms with E-state index in [1.807, 2.05) is 23.1 Å². The minimum absolute atomic E-state index is 0.257. The topological polar surface area (TPSA) is 46.3 Å². The minimum Gasteiger partial charge on any atom is -0.398 e. The summed E-state index contributed by atoms with van der Waals surface area (Å²) < 4.78 is 0. The molecule has 0 aromatic heterocycles. The largest absolute Gasteiger partial charge is 0.398 e. The minimum atomic E-state index is 0.257. The van der Waals surface area contributed by atoms with Crippen molar-refractivity contribution in [2.45, 2.75) is 38.5 Å². The maximum Gasteiger partial charge on any atom is 0.227 e. The Kier molecular flexibility index (Phi) is 2.98. The van der Waals surface area contributed by atoms with Crippen molar-refractivity contribution in [3.63, 3.8) is 0 Å². The van der Waals surface area contributed by atoms with Crippen molar-refractivity contribution in [1.82, 2.24) is 0 Å². The van der Waals surface area contributed by atoms with Gasteiger partial charge < -0.3 is 10.6 Å². The van der Waals surface area contributed by atoms with E-state index in [1.165, 1.54) is 19.3 Å². The van der Waals surface area contributed by atoms with Gasteiger partial charge in [0.2, 0.25) is 5.91 Å². The van der Waals surface area contributed by atoms with Crippen LogP contribution >= 0.6 is 0 Å². The number of hydrogen-bond acceptors (Lipinski definition) is 2. The molecule has 0 bridgehead atoms. The molecule has 3 heteroatoms. The van der Waals surface area contributed by atoms with Crippen LogP contribution in [-0.4, -0.2) is 12.5 Å². The van der Waals surface area contributed by atoms with Gasteiger partial charge in [-0.05, 0) is 36.5 Å². The number of nitrogen functional groups attached to an aromatic ring is 1. The smallest absolute Gasteiger partial charge is 0.227 e. The van der Waals surface area contributed by atoms with E-state index in [0.717, 1.165) is 42.2 Å². The Bertz CT molecular complexity index is 466. The molecule has 0 unspecified atom stereocenters. The van der Waals surface area contributed by atoms with Crippen LogP contribution in [0.25, 0.3) is 0 Å². The van der Waals surface area contributed by atoms with Crippen LogP contribution in [0.5, 0.6) is 0 Å². The summed E-state index contributed by atoms with van der Waals surface area (Å²) in [5.41, 5.74) is 9.04. The summed E-state index contributed by atoms with van der Waals surface area (Å²) in [7, 11) is 0. The first kappa shape index (κ1) is 11.6. The van der Waals surface area contributed by atoms with Gasteiger partial charge in [-0.15, -0.1) is 0 Å². The van der Waals surface area contributed by atoms with E-state index in [-0.39, 0.29) is 5.91 Å². The van der Waals surface area contributed by atoms with Crippen LogP contribution in [0.4, 0.5) is 11.4 Å². The first-order chi connectivity index (χ1) is 8.75. The Morgan fingerprint density at radius 2 is 2.11 bits per heavy atom. The number of hydrogen-bond donors (Lipinski definition) is 1. The second-order valence-corrected chi connectivity index (χ2v) is 5.48. The fraction of sp³-hybridized carbons (Fsp3) is 0.533. The van der Waals surface area contributed by atoms with Crippen molar-refractivity contribution in [3.8, 4) is 0 Å². The summed E-state index contributed by atoms with van der Waals surface area (Å²) >= 11 is 0. The lowest BCUT2D eigenvalue weighted by Gasteiger charge is -2.33. The van der Waals surface area contributed by atoms with Crippen molar-refractivity contribution in [2.24, 2.45) is 5.92 Å². The normalized spacial score (nSPS) is 19.6. The zero-order chi connectivity index (χ0) is 12.5. The second kappa shape index (κ2) is 4.63. The third-order valence-electron chi connectivity index (χ3n) is 4.35. The zero-order valence-corrected chi connectivity index (χ0v) is 10.7. The molecule has 1 aromatic rings. The van der Waals surface area contributed by atoms with E-state index in [0.29, 0.717) is 6.42 Å². The Hall–Kier alpha value is -1.51. The van der Waals surface area contributed by atoms with E-state index < -0.39 is 0 Å². The van der Waals surface area contributed by atoms with Crippen molar-refractivity contribution in [3.05, 3.63) is 23.8 Å². The molecule has 3 rings (SSSR count). The molecule has 1 heterocycles. The molecule has 1 amide bonds. The van der Waals surface area contributed by atoms with E-state index >= 15 is 0 Å². The molecule has 2 N–H and O–H groups in total. The number of nitrogens with two attached hydrogens (primary N) is 1. The second-order valence-electron chi connectivity index (χ2n) is 5.48. The molecule has 1 fully saturated rings. The number of nitrogens with zero attached hydrogens (tertiary/aromatic N) is 1. The third kappa shape index (κ3) is 1.98. The maximum absolute atomic E-state index is 12.1. The highest BCUT2D eigenvalue weighted by Crippen LogP contribution is 2.34. The summed E-state index contributed by atoms with van der Waals surface area (Å²) in [5, 5.41) is 0. The Morgan fingerprint density at radius 1 is 1.28 bits per heavy atom. The van der Waals surface area contributed by atoms with Crippen molar-refractivity contribution < 1.29 is 4.79 Å². The van der Waals surface area contributed by atoms with Crippen molar-refractivity contribution in [2.75, 3.05) is 17.2 Å². The molecule has 0 spiro atoms. The third-order valence-corrected chi connectivity index (χ3v) is 4.35. The summed E-state index contributed by atoms with van der Waals surface area (Å²) in [4.78, 5) is 14.0. The van der Waals surface area contributed by atoms with E-state index in [2.05, 4.69) is 0 Å². The van der Waals surface area contributed by atoms with Gasteiger partial charge in [-0.3, -0.25) is 4.79 Å². The standard InChI is InChI=1S/C15H20N2O/c16-13-5-2-6-14-12(13)7-8-15(18)17(14)10-9-11-3-1-4-11/h2,5-6,11H,1,3-4,7-10,16H2. The van der Waals surface area contributed by atoms with Gasteiger partial charge in [0.25, 0.3) is 0 Å². The van der Waals surface area contributed by atoms with Crippen molar-refractivity contribution in [1.29, 1.82) is 0 Å². The van der Waals surface area contributed by atoms with E-state index in [4.69, 9.17) is 5.73 Å². The summed E-state index contributed by atoms with van der Waals surface area (Å²) in [5.74, 6) is 1.09. The van der Waals surface area contributed by atoms with Crippen LogP contribution in [0, 0.1) is 5.92 Å². The number of fused-ring (bicyclic) bond motifs is 1. The number of benzene rings is 1. The molecule has 0 atom stereocenters. The molecule has 1 aromatic carbocycles. The zero-order valence-electron chi connectivity index (χ0n) is 10.7. The molecule has 1 aliphatic heterocycles. The SMILES string of the molecule is Nc1cccc2c1CCC(=O)N2CCC1CCC1. The molecule has 0 saturated heterocycles. The monoisotopic (exact) mass is 244 g/mol. The molecule has 3 nitrogen and oxygen atoms in total. The molecule has 1 saturated carbocycles. The van der Waals surface area contributed by atoms with Crippen LogP contribution in [0.15, 0.2) is 18.2 Å². The van der Waals surface area contributed by atoms with Gasteiger partial charge >= 0.3 is 0 Å². The van der Waals surface area contributed by atoms with E-state index in [1.54, 1.807) is 0 Å². The van der Waals surface area contributed by atoms with E-state index in [9.17, 15) is 4.79 Å². The molecular weight excluding hydrogens is 224 g/mol. The number of amides is 1. The fourth-order valence-corrected chi connectivity index (χ4v) is 2.96. The number of carbonyl (C=O) groups excluding carboxylic acids is 1. The van der Waals surface area contributed by atoms with Gasteiger partial charge in [-0.25, -0.2) is 0 Å².